The van der Waals surface area contributed by atoms with Crippen LogP contribution >= 0.6 is 0 Å². The normalized spacial score (nSPS) is 10.8. The number of anilines is 1. The highest BCUT2D eigenvalue weighted by Crippen LogP contribution is 2.34. The number of hydrogen-bond acceptors (Lipinski definition) is 4. The number of fused-ring (bicyclic) bond motifs is 1. The summed E-state index contributed by atoms with van der Waals surface area (Å²) in [6, 6.07) is 25.8. The lowest BCUT2D eigenvalue weighted by Gasteiger charge is -2.24. The van der Waals surface area contributed by atoms with E-state index in [2.05, 4.69) is 4.98 Å². The number of primary amides is 1. The molecule has 0 aliphatic rings. The van der Waals surface area contributed by atoms with Crippen LogP contribution < -0.4 is 10.6 Å². The van der Waals surface area contributed by atoms with Crippen LogP contribution in [0.3, 0.4) is 0 Å². The van der Waals surface area contributed by atoms with Crippen molar-refractivity contribution in [3.05, 3.63) is 120 Å². The Labute approximate surface area is 196 Å². The quantitative estimate of drug-likeness (QED) is 0.419. The van der Waals surface area contributed by atoms with Crippen LogP contribution in [0.4, 0.5) is 5.82 Å². The fraction of sp³-hybridized carbons (Fsp3) is 0.0370. The zero-order valence-electron chi connectivity index (χ0n) is 18.2. The molecule has 166 valence electrons. The van der Waals surface area contributed by atoms with Gasteiger partial charge in [-0.1, -0.05) is 60.7 Å². The van der Waals surface area contributed by atoms with Gasteiger partial charge in [0.25, 0.3) is 5.91 Å². The molecule has 2 amide bonds. The summed E-state index contributed by atoms with van der Waals surface area (Å²) in [6.07, 6.45) is 5.06. The maximum Gasteiger partial charge on any atom is 0.259 e. The van der Waals surface area contributed by atoms with Crippen LogP contribution in [0.15, 0.2) is 104 Å². The van der Waals surface area contributed by atoms with E-state index in [1.807, 2.05) is 59.0 Å². The molecule has 7 nitrogen and oxygen atoms in total. The molecule has 2 heterocycles. The van der Waals surface area contributed by atoms with Crippen LogP contribution in [0.1, 0.15) is 26.3 Å². The van der Waals surface area contributed by atoms with Crippen molar-refractivity contribution in [1.29, 1.82) is 0 Å². The minimum Gasteiger partial charge on any atom is -0.366 e. The fourth-order valence-electron chi connectivity index (χ4n) is 3.91. The summed E-state index contributed by atoms with van der Waals surface area (Å²) < 4.78 is 1.84. The second kappa shape index (κ2) is 8.99. The first-order chi connectivity index (χ1) is 16.6. The number of hydrogen-bond donors (Lipinski definition) is 1. The van der Waals surface area contributed by atoms with Crippen LogP contribution in [0.2, 0.25) is 0 Å². The molecule has 3 aromatic carbocycles. The van der Waals surface area contributed by atoms with Gasteiger partial charge < -0.3 is 5.73 Å². The number of nitrogens with two attached hydrogens (primary N) is 1. The van der Waals surface area contributed by atoms with Crippen molar-refractivity contribution in [2.75, 3.05) is 4.90 Å². The minimum atomic E-state index is -0.532. The van der Waals surface area contributed by atoms with E-state index in [1.165, 1.54) is 0 Å². The number of rotatable bonds is 6. The molecule has 0 aliphatic heterocycles. The number of amides is 2. The van der Waals surface area contributed by atoms with Crippen LogP contribution in [0.25, 0.3) is 16.9 Å². The van der Waals surface area contributed by atoms with Gasteiger partial charge in [-0.15, -0.1) is 0 Å². The van der Waals surface area contributed by atoms with Gasteiger partial charge in [0.05, 0.1) is 12.7 Å². The molecule has 5 rings (SSSR count). The van der Waals surface area contributed by atoms with E-state index >= 15 is 0 Å². The van der Waals surface area contributed by atoms with E-state index in [0.717, 1.165) is 5.56 Å². The van der Waals surface area contributed by atoms with E-state index in [-0.39, 0.29) is 5.91 Å². The van der Waals surface area contributed by atoms with Gasteiger partial charge in [-0.25, -0.2) is 4.98 Å². The number of benzene rings is 3. The molecule has 0 spiro atoms. The first kappa shape index (κ1) is 21.1. The lowest BCUT2D eigenvalue weighted by molar-refractivity contribution is 0.0980. The average Bonchev–Trinajstić information content (AvgIpc) is 3.27. The Morgan fingerprint density at radius 3 is 2.32 bits per heavy atom. The summed E-state index contributed by atoms with van der Waals surface area (Å²) in [5, 5.41) is 0. The summed E-state index contributed by atoms with van der Waals surface area (Å²) in [4.78, 5) is 36.4. The molecular formula is C27H21N5O2. The number of carbonyl (C=O) groups is 2. The molecule has 0 saturated carbocycles. The third-order valence-corrected chi connectivity index (χ3v) is 5.53. The van der Waals surface area contributed by atoms with Crippen LogP contribution in [0, 0.1) is 0 Å². The molecule has 0 atom stereocenters. The molecule has 0 aliphatic carbocycles. The van der Waals surface area contributed by atoms with Crippen molar-refractivity contribution in [3.8, 4) is 11.3 Å². The van der Waals surface area contributed by atoms with E-state index in [1.54, 1.807) is 53.8 Å². The molecule has 0 saturated heterocycles. The van der Waals surface area contributed by atoms with Gasteiger partial charge in [0.15, 0.2) is 5.65 Å². The highest BCUT2D eigenvalue weighted by molar-refractivity contribution is 6.07. The van der Waals surface area contributed by atoms with E-state index in [4.69, 9.17) is 10.7 Å². The van der Waals surface area contributed by atoms with Crippen molar-refractivity contribution in [1.82, 2.24) is 14.4 Å². The van der Waals surface area contributed by atoms with E-state index in [9.17, 15) is 9.59 Å². The van der Waals surface area contributed by atoms with Gasteiger partial charge >= 0.3 is 0 Å². The standard InChI is InChI=1S/C27H21N5O2/c28-25(33)22-13-7-12-21(16-22)24-26(31-15-14-29-17-23(31)30-24)32(18-19-8-3-1-4-9-19)27(34)20-10-5-2-6-11-20/h1-17H,18H2,(H2,28,33). The highest BCUT2D eigenvalue weighted by Gasteiger charge is 2.26. The average molecular weight is 447 g/mol. The Morgan fingerprint density at radius 1 is 0.882 bits per heavy atom. The fourth-order valence-corrected chi connectivity index (χ4v) is 3.91. The van der Waals surface area contributed by atoms with Gasteiger partial charge in [-0.2, -0.15) is 0 Å². The number of aromatic nitrogens is 3. The molecule has 0 bridgehead atoms. The SMILES string of the molecule is NC(=O)c1cccc(-c2nc3cnccn3c2N(Cc2ccccc2)C(=O)c2ccccc2)c1. The lowest BCUT2D eigenvalue weighted by Crippen LogP contribution is -2.32. The summed E-state index contributed by atoms with van der Waals surface area (Å²) >= 11 is 0. The molecule has 0 radical (unpaired) electrons. The maximum atomic E-state index is 13.8. The van der Waals surface area contributed by atoms with Gasteiger partial charge in [0.2, 0.25) is 5.91 Å². The van der Waals surface area contributed by atoms with Crippen LogP contribution in [-0.4, -0.2) is 26.2 Å². The summed E-state index contributed by atoms with van der Waals surface area (Å²) in [6.45, 7) is 0.327. The van der Waals surface area contributed by atoms with E-state index < -0.39 is 5.91 Å². The van der Waals surface area contributed by atoms with E-state index in [0.29, 0.717) is 40.4 Å². The molecular weight excluding hydrogens is 426 g/mol. The van der Waals surface area contributed by atoms with Gasteiger partial charge in [0.1, 0.15) is 11.5 Å². The first-order valence-electron chi connectivity index (χ1n) is 10.7. The monoisotopic (exact) mass is 447 g/mol. The molecule has 7 heteroatoms. The molecule has 5 aromatic rings. The lowest BCUT2D eigenvalue weighted by atomic mass is 10.1. The third kappa shape index (κ3) is 4.02. The smallest absolute Gasteiger partial charge is 0.259 e. The zero-order chi connectivity index (χ0) is 23.5. The van der Waals surface area contributed by atoms with Crippen molar-refractivity contribution >= 4 is 23.3 Å². The molecule has 0 fully saturated rings. The largest absolute Gasteiger partial charge is 0.366 e. The predicted octanol–water partition coefficient (Wildman–Crippen LogP) is 4.34. The second-order valence-corrected chi connectivity index (χ2v) is 7.78. The van der Waals surface area contributed by atoms with Crippen molar-refractivity contribution in [3.63, 3.8) is 0 Å². The van der Waals surface area contributed by atoms with Crippen LogP contribution in [0.5, 0.6) is 0 Å². The Bertz CT molecular complexity index is 1480. The van der Waals surface area contributed by atoms with Crippen molar-refractivity contribution in [2.45, 2.75) is 6.54 Å². The van der Waals surface area contributed by atoms with Crippen LogP contribution in [-0.2, 0) is 6.54 Å². The number of nitrogens with zero attached hydrogens (tertiary/aromatic N) is 4. The summed E-state index contributed by atoms with van der Waals surface area (Å²) in [5.74, 6) is -0.123. The Morgan fingerprint density at radius 2 is 1.59 bits per heavy atom. The third-order valence-electron chi connectivity index (χ3n) is 5.53. The molecule has 2 aromatic heterocycles. The highest BCUT2D eigenvalue weighted by atomic mass is 16.2. The Hall–Kier alpha value is -4.78. The minimum absolute atomic E-state index is 0.171. The van der Waals surface area contributed by atoms with Crippen molar-refractivity contribution < 1.29 is 9.59 Å². The maximum absolute atomic E-state index is 13.8. The molecule has 2 N–H and O–H groups in total. The Balaban J connectivity index is 1.74. The summed E-state index contributed by atoms with van der Waals surface area (Å²) in [7, 11) is 0. The first-order valence-corrected chi connectivity index (χ1v) is 10.7. The molecule has 34 heavy (non-hydrogen) atoms. The topological polar surface area (TPSA) is 93.6 Å². The zero-order valence-corrected chi connectivity index (χ0v) is 18.2. The predicted molar refractivity (Wildman–Crippen MR) is 130 cm³/mol. The van der Waals surface area contributed by atoms with Gasteiger partial charge in [-0.05, 0) is 29.8 Å². The van der Waals surface area contributed by atoms with Gasteiger partial charge in [-0.3, -0.25) is 23.9 Å². The summed E-state index contributed by atoms with van der Waals surface area (Å²) in [5.41, 5.74) is 9.21. The second-order valence-electron chi connectivity index (χ2n) is 7.78. The van der Waals surface area contributed by atoms with Gasteiger partial charge in [0, 0.05) is 29.1 Å². The molecule has 0 unspecified atom stereocenters. The Kier molecular flexibility index (Phi) is 5.58. The number of carbonyl (C=O) groups excluding carboxylic acids is 2. The van der Waals surface area contributed by atoms with Crippen molar-refractivity contribution in [2.24, 2.45) is 5.73 Å². The number of imidazole rings is 1.